The van der Waals surface area contributed by atoms with Gasteiger partial charge in [0.05, 0.1) is 22.7 Å². The molecule has 36 heavy (non-hydrogen) atoms. The second-order valence-electron chi connectivity index (χ2n) is 8.44. The number of carbonyl (C=O) groups is 2. The van der Waals surface area contributed by atoms with Crippen LogP contribution >= 0.6 is 0 Å². The minimum atomic E-state index is -0.455. The SMILES string of the molecule is CN(C)C(=O)c1ccc(CNC(=O)Cc2cn(-c3ccccc3)nc2-c2ccc([N+](=O)[O-])cc2)cc1. The van der Waals surface area contributed by atoms with Crippen LogP contribution in [0.5, 0.6) is 0 Å². The lowest BCUT2D eigenvalue weighted by Crippen LogP contribution is -2.25. The van der Waals surface area contributed by atoms with Gasteiger partial charge in [-0.2, -0.15) is 5.10 Å². The number of non-ortho nitro benzene ring substituents is 1. The number of para-hydroxylation sites is 1. The molecule has 4 aromatic rings. The first-order chi connectivity index (χ1) is 17.3. The highest BCUT2D eigenvalue weighted by atomic mass is 16.6. The number of hydrogen-bond acceptors (Lipinski definition) is 5. The quantitative estimate of drug-likeness (QED) is 0.301. The largest absolute Gasteiger partial charge is 0.352 e. The molecule has 1 aromatic heterocycles. The third kappa shape index (κ3) is 5.64. The molecular weight excluding hydrogens is 458 g/mol. The lowest BCUT2D eigenvalue weighted by atomic mass is 10.1. The van der Waals surface area contributed by atoms with Gasteiger partial charge in [0.25, 0.3) is 11.6 Å². The number of hydrogen-bond donors (Lipinski definition) is 1. The van der Waals surface area contributed by atoms with Crippen LogP contribution in [0.1, 0.15) is 21.5 Å². The molecule has 3 aromatic carbocycles. The summed E-state index contributed by atoms with van der Waals surface area (Å²) in [6, 6.07) is 22.7. The molecule has 0 fully saturated rings. The summed E-state index contributed by atoms with van der Waals surface area (Å²) in [4.78, 5) is 37.0. The van der Waals surface area contributed by atoms with Gasteiger partial charge in [-0.1, -0.05) is 30.3 Å². The minimum absolute atomic E-state index is 0.0150. The lowest BCUT2D eigenvalue weighted by Gasteiger charge is -2.11. The second-order valence-corrected chi connectivity index (χ2v) is 8.44. The Morgan fingerprint density at radius 3 is 2.25 bits per heavy atom. The molecule has 4 rings (SSSR count). The summed E-state index contributed by atoms with van der Waals surface area (Å²) in [6.07, 6.45) is 1.88. The van der Waals surface area contributed by atoms with E-state index < -0.39 is 4.92 Å². The first-order valence-corrected chi connectivity index (χ1v) is 11.3. The predicted octanol–water partition coefficient (Wildman–Crippen LogP) is 4.01. The van der Waals surface area contributed by atoms with E-state index in [0.717, 1.165) is 11.3 Å². The molecule has 0 aliphatic rings. The first-order valence-electron chi connectivity index (χ1n) is 11.3. The third-order valence-corrected chi connectivity index (χ3v) is 5.61. The van der Waals surface area contributed by atoms with E-state index in [0.29, 0.717) is 28.9 Å². The van der Waals surface area contributed by atoms with Crippen LogP contribution in [-0.2, 0) is 17.8 Å². The zero-order valence-electron chi connectivity index (χ0n) is 19.9. The average molecular weight is 484 g/mol. The third-order valence-electron chi connectivity index (χ3n) is 5.61. The van der Waals surface area contributed by atoms with E-state index >= 15 is 0 Å². The highest BCUT2D eigenvalue weighted by Gasteiger charge is 2.17. The summed E-state index contributed by atoms with van der Waals surface area (Å²) in [7, 11) is 3.39. The lowest BCUT2D eigenvalue weighted by molar-refractivity contribution is -0.384. The van der Waals surface area contributed by atoms with Crippen LogP contribution in [-0.4, -0.2) is 45.5 Å². The van der Waals surface area contributed by atoms with Gasteiger partial charge in [0, 0.05) is 55.7 Å². The Balaban J connectivity index is 1.52. The van der Waals surface area contributed by atoms with Crippen molar-refractivity contribution in [3.8, 4) is 16.9 Å². The maximum Gasteiger partial charge on any atom is 0.269 e. The number of carbonyl (C=O) groups excluding carboxylic acids is 2. The fourth-order valence-electron chi connectivity index (χ4n) is 3.70. The summed E-state index contributed by atoms with van der Waals surface area (Å²) in [5, 5.41) is 18.6. The van der Waals surface area contributed by atoms with E-state index in [1.54, 1.807) is 49.2 Å². The van der Waals surface area contributed by atoms with Gasteiger partial charge in [0.2, 0.25) is 5.91 Å². The summed E-state index contributed by atoms with van der Waals surface area (Å²) in [5.74, 6) is -0.279. The number of nitro groups is 1. The monoisotopic (exact) mass is 483 g/mol. The van der Waals surface area contributed by atoms with Crippen molar-refractivity contribution in [3.63, 3.8) is 0 Å². The van der Waals surface area contributed by atoms with Crippen LogP contribution in [0.4, 0.5) is 5.69 Å². The molecule has 1 heterocycles. The fourth-order valence-corrected chi connectivity index (χ4v) is 3.70. The molecule has 0 saturated heterocycles. The van der Waals surface area contributed by atoms with E-state index in [1.807, 2.05) is 42.5 Å². The number of nitro benzene ring substituents is 1. The van der Waals surface area contributed by atoms with E-state index in [-0.39, 0.29) is 23.9 Å². The molecule has 0 saturated carbocycles. The van der Waals surface area contributed by atoms with Crippen molar-refractivity contribution in [2.45, 2.75) is 13.0 Å². The van der Waals surface area contributed by atoms with Crippen LogP contribution in [0.3, 0.4) is 0 Å². The molecule has 0 aliphatic heterocycles. The van der Waals surface area contributed by atoms with E-state index in [1.165, 1.54) is 17.0 Å². The van der Waals surface area contributed by atoms with Gasteiger partial charge >= 0.3 is 0 Å². The van der Waals surface area contributed by atoms with E-state index in [2.05, 4.69) is 10.4 Å². The Kier molecular flexibility index (Phi) is 7.20. The highest BCUT2D eigenvalue weighted by Crippen LogP contribution is 2.26. The molecule has 0 unspecified atom stereocenters. The molecule has 0 spiro atoms. The molecule has 9 heteroatoms. The maximum atomic E-state index is 12.8. The van der Waals surface area contributed by atoms with E-state index in [4.69, 9.17) is 0 Å². The summed E-state index contributed by atoms with van der Waals surface area (Å²) >= 11 is 0. The molecular formula is C27H25N5O4. The van der Waals surface area contributed by atoms with Crippen LogP contribution in [0.25, 0.3) is 16.9 Å². The van der Waals surface area contributed by atoms with Crippen molar-refractivity contribution in [3.05, 3.63) is 112 Å². The number of amides is 2. The second kappa shape index (κ2) is 10.6. The van der Waals surface area contributed by atoms with Crippen LogP contribution in [0, 0.1) is 10.1 Å². The number of nitrogens with one attached hydrogen (secondary N) is 1. The molecule has 2 amide bonds. The van der Waals surface area contributed by atoms with Crippen LogP contribution in [0.2, 0.25) is 0 Å². The molecule has 0 aliphatic carbocycles. The highest BCUT2D eigenvalue weighted by molar-refractivity contribution is 5.93. The van der Waals surface area contributed by atoms with Crippen molar-refractivity contribution in [1.82, 2.24) is 20.0 Å². The van der Waals surface area contributed by atoms with Crippen molar-refractivity contribution in [1.29, 1.82) is 0 Å². The molecule has 182 valence electrons. The number of nitrogens with zero attached hydrogens (tertiary/aromatic N) is 4. The van der Waals surface area contributed by atoms with Gasteiger partial charge in [0.15, 0.2) is 0 Å². The van der Waals surface area contributed by atoms with Crippen LogP contribution in [0.15, 0.2) is 85.1 Å². The van der Waals surface area contributed by atoms with Gasteiger partial charge < -0.3 is 10.2 Å². The number of rotatable bonds is 8. The van der Waals surface area contributed by atoms with Crippen molar-refractivity contribution < 1.29 is 14.5 Å². The molecule has 0 bridgehead atoms. The normalized spacial score (nSPS) is 10.6. The Bertz CT molecular complexity index is 1380. The summed E-state index contributed by atoms with van der Waals surface area (Å²) in [5.41, 5.74) is 4.22. The predicted molar refractivity (Wildman–Crippen MR) is 136 cm³/mol. The van der Waals surface area contributed by atoms with Gasteiger partial charge in [-0.3, -0.25) is 19.7 Å². The molecule has 9 nitrogen and oxygen atoms in total. The number of aromatic nitrogens is 2. The summed E-state index contributed by atoms with van der Waals surface area (Å²) in [6.45, 7) is 0.314. The van der Waals surface area contributed by atoms with Crippen molar-refractivity contribution >= 4 is 17.5 Å². The maximum absolute atomic E-state index is 12.8. The average Bonchev–Trinajstić information content (AvgIpc) is 3.31. The summed E-state index contributed by atoms with van der Waals surface area (Å²) < 4.78 is 1.69. The Morgan fingerprint density at radius 2 is 1.64 bits per heavy atom. The Labute approximate surface area is 208 Å². The Hall–Kier alpha value is -4.79. The zero-order valence-corrected chi connectivity index (χ0v) is 19.9. The standard InChI is InChI=1S/C27H25N5O4/c1-30(2)27(34)21-10-8-19(9-11-21)17-28-25(33)16-22-18-31(23-6-4-3-5-7-23)29-26(22)20-12-14-24(15-13-20)32(35)36/h3-15,18H,16-17H2,1-2H3,(H,28,33). The van der Waals surface area contributed by atoms with Gasteiger partial charge in [0.1, 0.15) is 0 Å². The van der Waals surface area contributed by atoms with Crippen molar-refractivity contribution in [2.24, 2.45) is 0 Å². The topological polar surface area (TPSA) is 110 Å². The molecule has 0 atom stereocenters. The number of benzene rings is 3. The molecule has 1 N–H and O–H groups in total. The minimum Gasteiger partial charge on any atom is -0.352 e. The van der Waals surface area contributed by atoms with E-state index in [9.17, 15) is 19.7 Å². The fraction of sp³-hybridized carbons (Fsp3) is 0.148. The zero-order chi connectivity index (χ0) is 25.7. The van der Waals surface area contributed by atoms with Gasteiger partial charge in [-0.05, 0) is 42.0 Å². The first kappa shape index (κ1) is 24.3. The van der Waals surface area contributed by atoms with Gasteiger partial charge in [-0.15, -0.1) is 0 Å². The van der Waals surface area contributed by atoms with Gasteiger partial charge in [-0.25, -0.2) is 4.68 Å². The van der Waals surface area contributed by atoms with Crippen molar-refractivity contribution in [2.75, 3.05) is 14.1 Å². The smallest absolute Gasteiger partial charge is 0.269 e. The Morgan fingerprint density at radius 1 is 0.972 bits per heavy atom. The molecule has 0 radical (unpaired) electrons. The van der Waals surface area contributed by atoms with Crippen LogP contribution < -0.4 is 5.32 Å².